The molecule has 1 atom stereocenters. The Morgan fingerprint density at radius 1 is 1.19 bits per heavy atom. The van der Waals surface area contributed by atoms with Crippen LogP contribution in [0.5, 0.6) is 0 Å². The van der Waals surface area contributed by atoms with Gasteiger partial charge < -0.3 is 15.7 Å². The maximum Gasteiger partial charge on any atom is 0.241 e. The molecule has 4 nitrogen and oxygen atoms in total. The van der Waals surface area contributed by atoms with Gasteiger partial charge in [0.25, 0.3) is 0 Å². The third kappa shape index (κ3) is 3.12. The van der Waals surface area contributed by atoms with Gasteiger partial charge in [0, 0.05) is 12.2 Å². The Bertz CT molecular complexity index is 655. The summed E-state index contributed by atoms with van der Waals surface area (Å²) < 4.78 is 0. The van der Waals surface area contributed by atoms with Crippen molar-refractivity contribution in [3.63, 3.8) is 0 Å². The van der Waals surface area contributed by atoms with Gasteiger partial charge in [0.2, 0.25) is 5.91 Å². The lowest BCUT2D eigenvalue weighted by Gasteiger charge is -2.25. The largest absolute Gasteiger partial charge is 0.392 e. The zero-order valence-electron chi connectivity index (χ0n) is 11.7. The smallest absolute Gasteiger partial charge is 0.241 e. The van der Waals surface area contributed by atoms with E-state index >= 15 is 0 Å². The van der Waals surface area contributed by atoms with Gasteiger partial charge in [-0.25, -0.2) is 0 Å². The number of carbonyl (C=O) groups is 1. The van der Waals surface area contributed by atoms with Gasteiger partial charge in [-0.15, -0.1) is 0 Å². The number of aliphatic hydroxyl groups is 1. The second kappa shape index (κ2) is 6.08. The molecule has 0 aliphatic carbocycles. The van der Waals surface area contributed by atoms with Gasteiger partial charge in [-0.05, 0) is 35.2 Å². The van der Waals surface area contributed by atoms with Gasteiger partial charge in [-0.3, -0.25) is 4.79 Å². The summed E-state index contributed by atoms with van der Waals surface area (Å²) in [5, 5.41) is 15.3. The molecule has 0 bridgehead atoms. The molecule has 2 aromatic rings. The Morgan fingerprint density at radius 3 is 2.81 bits per heavy atom. The molecular weight excluding hydrogens is 264 g/mol. The van der Waals surface area contributed by atoms with Crippen LogP contribution in [0.25, 0.3) is 0 Å². The van der Waals surface area contributed by atoms with Crippen molar-refractivity contribution in [3.05, 3.63) is 65.2 Å². The summed E-state index contributed by atoms with van der Waals surface area (Å²) in [5.41, 5.74) is 3.98. The molecule has 21 heavy (non-hydrogen) atoms. The van der Waals surface area contributed by atoms with Crippen LogP contribution in [0.4, 0.5) is 5.69 Å². The summed E-state index contributed by atoms with van der Waals surface area (Å²) in [7, 11) is 0. The van der Waals surface area contributed by atoms with Crippen molar-refractivity contribution in [2.24, 2.45) is 0 Å². The minimum Gasteiger partial charge on any atom is -0.392 e. The fourth-order valence-electron chi connectivity index (χ4n) is 2.62. The van der Waals surface area contributed by atoms with Crippen molar-refractivity contribution in [3.8, 4) is 0 Å². The van der Waals surface area contributed by atoms with Gasteiger partial charge in [0.15, 0.2) is 0 Å². The van der Waals surface area contributed by atoms with Crippen molar-refractivity contribution < 1.29 is 9.90 Å². The molecule has 1 heterocycles. The van der Waals surface area contributed by atoms with Crippen LogP contribution < -0.4 is 10.6 Å². The summed E-state index contributed by atoms with van der Waals surface area (Å²) in [4.78, 5) is 12.3. The maximum atomic E-state index is 12.3. The van der Waals surface area contributed by atoms with Crippen LogP contribution in [-0.4, -0.2) is 17.1 Å². The predicted molar refractivity (Wildman–Crippen MR) is 81.8 cm³/mol. The first-order chi connectivity index (χ1) is 10.3. The highest BCUT2D eigenvalue weighted by Crippen LogP contribution is 2.18. The van der Waals surface area contributed by atoms with E-state index in [2.05, 4.69) is 22.8 Å². The summed E-state index contributed by atoms with van der Waals surface area (Å²) in [5.74, 6) is -0.0420. The number of hydrogen-bond donors (Lipinski definition) is 3. The van der Waals surface area contributed by atoms with Gasteiger partial charge in [0.05, 0.1) is 12.6 Å². The minimum atomic E-state index is -0.224. The van der Waals surface area contributed by atoms with Crippen LogP contribution in [0, 0.1) is 0 Å². The Balaban J connectivity index is 1.69. The van der Waals surface area contributed by atoms with Crippen molar-refractivity contribution >= 4 is 11.6 Å². The summed E-state index contributed by atoms with van der Waals surface area (Å²) in [6.45, 7) is 0.684. The van der Waals surface area contributed by atoms with E-state index in [1.807, 2.05) is 30.3 Å². The van der Waals surface area contributed by atoms with Crippen LogP contribution in [0.3, 0.4) is 0 Å². The molecule has 0 aromatic heterocycles. The predicted octanol–water partition coefficient (Wildman–Crippen LogP) is 1.83. The molecule has 3 N–H and O–H groups in total. The zero-order chi connectivity index (χ0) is 14.7. The first kappa shape index (κ1) is 13.8. The SMILES string of the molecule is O=C(Nc1cccc(CO)c1)[C@@H]1Cc2ccccc2CN1. The van der Waals surface area contributed by atoms with Crippen LogP contribution >= 0.6 is 0 Å². The van der Waals surface area contributed by atoms with E-state index in [1.165, 1.54) is 11.1 Å². The molecule has 0 spiro atoms. The fraction of sp³-hybridized carbons (Fsp3) is 0.235. The van der Waals surface area contributed by atoms with E-state index in [1.54, 1.807) is 6.07 Å². The molecule has 1 amide bonds. The molecule has 1 aliphatic rings. The highest BCUT2D eigenvalue weighted by atomic mass is 16.3. The van der Waals surface area contributed by atoms with E-state index in [0.29, 0.717) is 18.7 Å². The first-order valence-corrected chi connectivity index (χ1v) is 7.07. The van der Waals surface area contributed by atoms with E-state index < -0.39 is 0 Å². The first-order valence-electron chi connectivity index (χ1n) is 7.07. The molecule has 0 saturated carbocycles. The molecule has 3 rings (SSSR count). The molecule has 0 fully saturated rings. The molecule has 2 aromatic carbocycles. The third-order valence-corrected chi connectivity index (χ3v) is 3.77. The molecule has 0 unspecified atom stereocenters. The monoisotopic (exact) mass is 282 g/mol. The third-order valence-electron chi connectivity index (χ3n) is 3.77. The number of anilines is 1. The average Bonchev–Trinajstić information content (AvgIpc) is 2.54. The van der Waals surface area contributed by atoms with Gasteiger partial charge in [-0.2, -0.15) is 0 Å². The Morgan fingerprint density at radius 2 is 2.00 bits per heavy atom. The quantitative estimate of drug-likeness (QED) is 0.805. The number of aliphatic hydroxyl groups excluding tert-OH is 1. The summed E-state index contributed by atoms with van der Waals surface area (Å²) >= 11 is 0. The van der Waals surface area contributed by atoms with Crippen LogP contribution in [0.2, 0.25) is 0 Å². The zero-order valence-corrected chi connectivity index (χ0v) is 11.7. The molecule has 4 heteroatoms. The lowest BCUT2D eigenvalue weighted by atomic mass is 9.95. The number of fused-ring (bicyclic) bond motifs is 1. The summed E-state index contributed by atoms with van der Waals surface area (Å²) in [6.07, 6.45) is 0.696. The van der Waals surface area contributed by atoms with Crippen molar-refractivity contribution in [1.29, 1.82) is 0 Å². The van der Waals surface area contributed by atoms with E-state index in [0.717, 1.165) is 5.56 Å². The number of hydrogen-bond acceptors (Lipinski definition) is 3. The Kier molecular flexibility index (Phi) is 3.99. The molecule has 108 valence electrons. The van der Waals surface area contributed by atoms with Crippen LogP contribution in [0.1, 0.15) is 16.7 Å². The molecule has 0 saturated heterocycles. The Hall–Kier alpha value is -2.17. The second-order valence-electron chi connectivity index (χ2n) is 5.25. The maximum absolute atomic E-state index is 12.3. The fourth-order valence-corrected chi connectivity index (χ4v) is 2.62. The number of rotatable bonds is 3. The molecule has 0 radical (unpaired) electrons. The van der Waals surface area contributed by atoms with Gasteiger partial charge in [-0.1, -0.05) is 36.4 Å². The Labute approximate surface area is 123 Å². The van der Waals surface area contributed by atoms with E-state index in [9.17, 15) is 4.79 Å². The lowest BCUT2D eigenvalue weighted by Crippen LogP contribution is -2.44. The number of amides is 1. The van der Waals surface area contributed by atoms with Crippen LogP contribution in [0.15, 0.2) is 48.5 Å². The second-order valence-corrected chi connectivity index (χ2v) is 5.25. The topological polar surface area (TPSA) is 61.4 Å². The summed E-state index contributed by atoms with van der Waals surface area (Å²) in [6, 6.07) is 15.2. The highest BCUT2D eigenvalue weighted by molar-refractivity contribution is 5.95. The van der Waals surface area contributed by atoms with Gasteiger partial charge >= 0.3 is 0 Å². The number of nitrogens with one attached hydrogen (secondary N) is 2. The molecule has 1 aliphatic heterocycles. The van der Waals surface area contributed by atoms with Crippen molar-refractivity contribution in [1.82, 2.24) is 5.32 Å². The van der Waals surface area contributed by atoms with E-state index in [4.69, 9.17) is 5.11 Å². The van der Waals surface area contributed by atoms with Crippen molar-refractivity contribution in [2.75, 3.05) is 5.32 Å². The number of benzene rings is 2. The van der Waals surface area contributed by atoms with Crippen LogP contribution in [-0.2, 0) is 24.4 Å². The van der Waals surface area contributed by atoms with E-state index in [-0.39, 0.29) is 18.6 Å². The molecular formula is C17H18N2O2. The highest BCUT2D eigenvalue weighted by Gasteiger charge is 2.23. The minimum absolute atomic E-state index is 0.0290. The van der Waals surface area contributed by atoms with Gasteiger partial charge in [0.1, 0.15) is 0 Å². The normalized spacial score (nSPS) is 17.1. The standard InChI is InChI=1S/C17H18N2O2/c20-11-12-4-3-7-15(8-12)19-17(21)16-9-13-5-1-2-6-14(13)10-18-16/h1-8,16,18,20H,9-11H2,(H,19,21)/t16-/m0/s1. The number of carbonyl (C=O) groups excluding carboxylic acids is 1. The lowest BCUT2D eigenvalue weighted by molar-refractivity contribution is -0.118. The van der Waals surface area contributed by atoms with Crippen molar-refractivity contribution in [2.45, 2.75) is 25.6 Å². The average molecular weight is 282 g/mol.